The standard InChI is InChI=1S/C9H15N3S/c1-12-9(13)10-8(11-12)7-5-3-2-4-6-7/h7H,2-6H2,1H3,(H,10,11,13). The first-order valence-electron chi connectivity index (χ1n) is 4.90. The molecule has 1 aliphatic rings. The van der Waals surface area contributed by atoms with E-state index in [2.05, 4.69) is 10.1 Å². The molecular weight excluding hydrogens is 182 g/mol. The summed E-state index contributed by atoms with van der Waals surface area (Å²) in [5.41, 5.74) is 0. The average molecular weight is 197 g/mol. The first-order valence-corrected chi connectivity index (χ1v) is 5.31. The van der Waals surface area contributed by atoms with Crippen molar-refractivity contribution in [2.75, 3.05) is 0 Å². The zero-order valence-corrected chi connectivity index (χ0v) is 8.73. The fraction of sp³-hybridized carbons (Fsp3) is 0.778. The van der Waals surface area contributed by atoms with Gasteiger partial charge in [-0.05, 0) is 25.1 Å². The molecule has 0 amide bonds. The van der Waals surface area contributed by atoms with Gasteiger partial charge in [0, 0.05) is 13.0 Å². The second-order valence-corrected chi connectivity index (χ2v) is 4.15. The van der Waals surface area contributed by atoms with Gasteiger partial charge in [-0.2, -0.15) is 0 Å². The zero-order valence-electron chi connectivity index (χ0n) is 7.92. The number of aromatic nitrogens is 3. The summed E-state index contributed by atoms with van der Waals surface area (Å²) in [4.78, 5) is 4.36. The SMILES string of the molecule is Cn1[nH]c(C2CCCCC2)nc1=S. The smallest absolute Gasteiger partial charge is 0.215 e. The van der Waals surface area contributed by atoms with Crippen LogP contribution in [0.5, 0.6) is 0 Å². The molecule has 1 aromatic heterocycles. The van der Waals surface area contributed by atoms with E-state index >= 15 is 0 Å². The summed E-state index contributed by atoms with van der Waals surface area (Å²) in [7, 11) is 1.92. The van der Waals surface area contributed by atoms with Gasteiger partial charge in [-0.3, -0.25) is 9.78 Å². The number of nitrogens with one attached hydrogen (secondary N) is 1. The zero-order chi connectivity index (χ0) is 9.26. The van der Waals surface area contributed by atoms with Crippen molar-refractivity contribution in [1.82, 2.24) is 14.8 Å². The van der Waals surface area contributed by atoms with Crippen LogP contribution < -0.4 is 0 Å². The topological polar surface area (TPSA) is 33.6 Å². The lowest BCUT2D eigenvalue weighted by molar-refractivity contribution is 0.427. The van der Waals surface area contributed by atoms with E-state index in [4.69, 9.17) is 12.2 Å². The van der Waals surface area contributed by atoms with E-state index in [1.54, 1.807) is 0 Å². The lowest BCUT2D eigenvalue weighted by atomic mass is 9.89. The quantitative estimate of drug-likeness (QED) is 0.702. The molecule has 0 saturated heterocycles. The molecule has 0 aromatic carbocycles. The molecule has 0 unspecified atom stereocenters. The Morgan fingerprint density at radius 1 is 1.38 bits per heavy atom. The maximum Gasteiger partial charge on any atom is 0.215 e. The molecule has 0 atom stereocenters. The summed E-state index contributed by atoms with van der Waals surface area (Å²) in [6.45, 7) is 0. The average Bonchev–Trinajstić information content (AvgIpc) is 2.49. The van der Waals surface area contributed by atoms with E-state index in [1.807, 2.05) is 11.7 Å². The molecule has 3 nitrogen and oxygen atoms in total. The Bertz CT molecular complexity index is 333. The van der Waals surface area contributed by atoms with Gasteiger partial charge >= 0.3 is 0 Å². The summed E-state index contributed by atoms with van der Waals surface area (Å²) in [5, 5.41) is 3.22. The minimum absolute atomic E-state index is 0.622. The Morgan fingerprint density at radius 2 is 2.08 bits per heavy atom. The number of H-pyrrole nitrogens is 1. The predicted molar refractivity (Wildman–Crippen MR) is 54.2 cm³/mol. The highest BCUT2D eigenvalue weighted by Crippen LogP contribution is 2.30. The van der Waals surface area contributed by atoms with E-state index in [1.165, 1.54) is 32.1 Å². The van der Waals surface area contributed by atoms with Crippen LogP contribution in [0.4, 0.5) is 0 Å². The van der Waals surface area contributed by atoms with E-state index in [0.29, 0.717) is 10.7 Å². The van der Waals surface area contributed by atoms with Gasteiger partial charge in [0.15, 0.2) is 0 Å². The normalized spacial score (nSPS) is 19.2. The fourth-order valence-electron chi connectivity index (χ4n) is 1.98. The van der Waals surface area contributed by atoms with Crippen LogP contribution in [0.1, 0.15) is 43.8 Å². The van der Waals surface area contributed by atoms with Crippen molar-refractivity contribution in [3.05, 3.63) is 10.6 Å². The highest BCUT2D eigenvalue weighted by Gasteiger charge is 2.18. The van der Waals surface area contributed by atoms with Gasteiger partial charge in [-0.25, -0.2) is 4.98 Å². The van der Waals surface area contributed by atoms with Crippen molar-refractivity contribution >= 4 is 12.2 Å². The van der Waals surface area contributed by atoms with Crippen LogP contribution in [0.25, 0.3) is 0 Å². The maximum atomic E-state index is 5.06. The van der Waals surface area contributed by atoms with Crippen molar-refractivity contribution in [3.8, 4) is 0 Å². The van der Waals surface area contributed by atoms with E-state index in [-0.39, 0.29) is 0 Å². The van der Waals surface area contributed by atoms with E-state index in [0.717, 1.165) is 5.82 Å². The number of hydrogen-bond acceptors (Lipinski definition) is 2. The number of aryl methyl sites for hydroxylation is 1. The lowest BCUT2D eigenvalue weighted by Crippen LogP contribution is -2.06. The molecule has 1 fully saturated rings. The molecule has 1 saturated carbocycles. The van der Waals surface area contributed by atoms with E-state index < -0.39 is 0 Å². The Balaban J connectivity index is 2.19. The molecule has 0 aliphatic heterocycles. The fourth-order valence-corrected chi connectivity index (χ4v) is 2.13. The number of hydrogen-bond donors (Lipinski definition) is 1. The Hall–Kier alpha value is -0.640. The Labute approximate surface area is 83.2 Å². The van der Waals surface area contributed by atoms with Crippen molar-refractivity contribution in [1.29, 1.82) is 0 Å². The number of rotatable bonds is 1. The van der Waals surface area contributed by atoms with E-state index in [9.17, 15) is 0 Å². The monoisotopic (exact) mass is 197 g/mol. The molecular formula is C9H15N3S. The van der Waals surface area contributed by atoms with Crippen LogP contribution in [0.2, 0.25) is 0 Å². The van der Waals surface area contributed by atoms with Gasteiger partial charge in [0.1, 0.15) is 5.82 Å². The Kier molecular flexibility index (Phi) is 2.49. The summed E-state index contributed by atoms with van der Waals surface area (Å²) < 4.78 is 2.49. The Morgan fingerprint density at radius 3 is 2.62 bits per heavy atom. The first kappa shape index (κ1) is 8.94. The van der Waals surface area contributed by atoms with Gasteiger partial charge in [0.25, 0.3) is 0 Å². The molecule has 1 N–H and O–H groups in total. The van der Waals surface area contributed by atoms with Crippen molar-refractivity contribution in [2.24, 2.45) is 7.05 Å². The van der Waals surface area contributed by atoms with Gasteiger partial charge in [0.05, 0.1) is 0 Å². The van der Waals surface area contributed by atoms with Crippen molar-refractivity contribution in [2.45, 2.75) is 38.0 Å². The highest BCUT2D eigenvalue weighted by molar-refractivity contribution is 7.71. The van der Waals surface area contributed by atoms with Crippen molar-refractivity contribution < 1.29 is 0 Å². The molecule has 0 radical (unpaired) electrons. The second kappa shape index (κ2) is 3.62. The van der Waals surface area contributed by atoms with Gasteiger partial charge in [-0.1, -0.05) is 19.3 Å². The molecule has 4 heteroatoms. The number of aromatic amines is 1. The maximum absolute atomic E-state index is 5.06. The minimum atomic E-state index is 0.622. The third kappa shape index (κ3) is 1.82. The first-order chi connectivity index (χ1) is 6.27. The molecule has 1 aliphatic carbocycles. The third-order valence-corrected chi connectivity index (χ3v) is 3.14. The molecule has 1 heterocycles. The van der Waals surface area contributed by atoms with Crippen LogP contribution in [0, 0.1) is 4.77 Å². The van der Waals surface area contributed by atoms with Crippen LogP contribution in [-0.2, 0) is 7.05 Å². The predicted octanol–water partition coefficient (Wildman–Crippen LogP) is 2.53. The van der Waals surface area contributed by atoms with Crippen LogP contribution in [0.3, 0.4) is 0 Å². The van der Waals surface area contributed by atoms with Crippen LogP contribution >= 0.6 is 12.2 Å². The summed E-state index contributed by atoms with van der Waals surface area (Å²) >= 11 is 5.06. The molecule has 0 spiro atoms. The molecule has 13 heavy (non-hydrogen) atoms. The largest absolute Gasteiger partial charge is 0.283 e. The number of nitrogens with zero attached hydrogens (tertiary/aromatic N) is 2. The summed E-state index contributed by atoms with van der Waals surface area (Å²) in [5.74, 6) is 1.71. The molecule has 2 rings (SSSR count). The van der Waals surface area contributed by atoms with Gasteiger partial charge in [0.2, 0.25) is 4.77 Å². The van der Waals surface area contributed by atoms with Gasteiger partial charge < -0.3 is 0 Å². The lowest BCUT2D eigenvalue weighted by Gasteiger charge is -2.18. The molecule has 0 bridgehead atoms. The molecule has 72 valence electrons. The van der Waals surface area contributed by atoms with Crippen molar-refractivity contribution in [3.63, 3.8) is 0 Å². The third-order valence-electron chi connectivity index (χ3n) is 2.78. The second-order valence-electron chi connectivity index (χ2n) is 3.79. The highest BCUT2D eigenvalue weighted by atomic mass is 32.1. The summed E-state index contributed by atoms with van der Waals surface area (Å²) in [6, 6.07) is 0. The van der Waals surface area contributed by atoms with Gasteiger partial charge in [-0.15, -0.1) is 0 Å². The minimum Gasteiger partial charge on any atom is -0.283 e. The summed E-state index contributed by atoms with van der Waals surface area (Å²) in [6.07, 6.45) is 6.58. The molecule has 1 aromatic rings. The van der Waals surface area contributed by atoms with Crippen LogP contribution in [0.15, 0.2) is 0 Å². The van der Waals surface area contributed by atoms with Crippen LogP contribution in [-0.4, -0.2) is 14.8 Å².